The van der Waals surface area contributed by atoms with Gasteiger partial charge in [0.1, 0.15) is 6.61 Å². The van der Waals surface area contributed by atoms with Gasteiger partial charge in [0.15, 0.2) is 0 Å². The smallest absolute Gasteiger partial charge is 0.416 e. The monoisotopic (exact) mass is 301 g/mol. The van der Waals surface area contributed by atoms with E-state index in [0.29, 0.717) is 6.42 Å². The molecule has 1 aromatic heterocycles. The molecule has 4 nitrogen and oxygen atoms in total. The van der Waals surface area contributed by atoms with Crippen LogP contribution < -0.4 is 0 Å². The summed E-state index contributed by atoms with van der Waals surface area (Å²) in [6.45, 7) is 0.268. The van der Waals surface area contributed by atoms with E-state index in [1.807, 2.05) is 47.8 Å². The van der Waals surface area contributed by atoms with Crippen LogP contribution >= 0.6 is 11.3 Å². The van der Waals surface area contributed by atoms with Gasteiger partial charge < -0.3 is 4.74 Å². The van der Waals surface area contributed by atoms with Gasteiger partial charge in [-0.15, -0.1) is 11.3 Å². The average molecular weight is 301 g/mol. The standard InChI is InChI=1S/C16H15NO3S/c18-15(10-14-7-4-8-21-14)17-13(11-20-16(17)19)9-12-5-2-1-3-6-12/h1-8,13H,9-11H2. The number of carbonyl (C=O) groups excluding carboxylic acids is 2. The van der Waals surface area contributed by atoms with Crippen LogP contribution in [0.4, 0.5) is 4.79 Å². The molecule has 0 saturated carbocycles. The molecule has 2 amide bonds. The minimum Gasteiger partial charge on any atom is -0.447 e. The van der Waals surface area contributed by atoms with E-state index < -0.39 is 6.09 Å². The minimum atomic E-state index is -0.530. The summed E-state index contributed by atoms with van der Waals surface area (Å²) >= 11 is 1.52. The largest absolute Gasteiger partial charge is 0.447 e. The molecule has 3 rings (SSSR count). The van der Waals surface area contributed by atoms with Gasteiger partial charge in [-0.25, -0.2) is 9.69 Å². The average Bonchev–Trinajstić information content (AvgIpc) is 3.10. The molecule has 1 aliphatic rings. The van der Waals surface area contributed by atoms with E-state index in [9.17, 15) is 9.59 Å². The Morgan fingerprint density at radius 3 is 2.76 bits per heavy atom. The van der Waals surface area contributed by atoms with Crippen molar-refractivity contribution in [3.63, 3.8) is 0 Å². The fourth-order valence-corrected chi connectivity index (χ4v) is 3.15. The molecule has 0 aliphatic carbocycles. The zero-order valence-electron chi connectivity index (χ0n) is 11.4. The number of imide groups is 1. The number of nitrogens with zero attached hydrogens (tertiary/aromatic N) is 1. The second kappa shape index (κ2) is 6.10. The Morgan fingerprint density at radius 1 is 1.24 bits per heavy atom. The lowest BCUT2D eigenvalue weighted by Gasteiger charge is -2.19. The Kier molecular flexibility index (Phi) is 4.01. The first-order valence-corrected chi connectivity index (χ1v) is 7.67. The maximum atomic E-state index is 12.4. The topological polar surface area (TPSA) is 46.6 Å². The maximum Gasteiger partial charge on any atom is 0.416 e. The SMILES string of the molecule is O=C(Cc1cccs1)N1C(=O)OCC1Cc1ccccc1. The van der Waals surface area contributed by atoms with E-state index in [0.717, 1.165) is 10.4 Å². The molecule has 0 radical (unpaired) electrons. The third-order valence-corrected chi connectivity index (χ3v) is 4.33. The molecule has 1 unspecified atom stereocenters. The molecule has 1 atom stereocenters. The van der Waals surface area contributed by atoms with Crippen LogP contribution in [0.3, 0.4) is 0 Å². The van der Waals surface area contributed by atoms with E-state index >= 15 is 0 Å². The summed E-state index contributed by atoms with van der Waals surface area (Å²) in [5.41, 5.74) is 1.09. The van der Waals surface area contributed by atoms with Gasteiger partial charge in [-0.2, -0.15) is 0 Å². The number of amides is 2. The summed E-state index contributed by atoms with van der Waals surface area (Å²) < 4.78 is 5.06. The van der Waals surface area contributed by atoms with E-state index in [2.05, 4.69) is 0 Å². The summed E-state index contributed by atoms with van der Waals surface area (Å²) in [4.78, 5) is 26.4. The van der Waals surface area contributed by atoms with Gasteiger partial charge in [0, 0.05) is 4.88 Å². The molecule has 1 fully saturated rings. The number of hydrogen-bond donors (Lipinski definition) is 0. The molecule has 0 N–H and O–H groups in total. The quantitative estimate of drug-likeness (QED) is 0.872. The minimum absolute atomic E-state index is 0.194. The number of thiophene rings is 1. The van der Waals surface area contributed by atoms with Crippen LogP contribution in [0, 0.1) is 0 Å². The van der Waals surface area contributed by atoms with Gasteiger partial charge in [-0.1, -0.05) is 36.4 Å². The summed E-state index contributed by atoms with van der Waals surface area (Å²) in [5.74, 6) is -0.194. The van der Waals surface area contributed by atoms with Gasteiger partial charge >= 0.3 is 6.09 Å². The Morgan fingerprint density at radius 2 is 2.05 bits per heavy atom. The van der Waals surface area contributed by atoms with Gasteiger partial charge in [0.2, 0.25) is 5.91 Å². The van der Waals surface area contributed by atoms with E-state index in [-0.39, 0.29) is 25.0 Å². The van der Waals surface area contributed by atoms with Gasteiger partial charge in [0.25, 0.3) is 0 Å². The molecular weight excluding hydrogens is 286 g/mol. The van der Waals surface area contributed by atoms with Crippen LogP contribution in [-0.4, -0.2) is 29.5 Å². The number of ether oxygens (including phenoxy) is 1. The van der Waals surface area contributed by atoms with Crippen LogP contribution in [-0.2, 0) is 22.4 Å². The van der Waals surface area contributed by atoms with Crippen LogP contribution in [0.15, 0.2) is 47.8 Å². The van der Waals surface area contributed by atoms with Crippen LogP contribution in [0.25, 0.3) is 0 Å². The first kappa shape index (κ1) is 13.8. The van der Waals surface area contributed by atoms with Crippen molar-refractivity contribution in [3.8, 4) is 0 Å². The van der Waals surface area contributed by atoms with Crippen molar-refractivity contribution in [1.29, 1.82) is 0 Å². The molecule has 1 saturated heterocycles. The van der Waals surface area contributed by atoms with Gasteiger partial charge in [0.05, 0.1) is 12.5 Å². The molecule has 1 aromatic carbocycles. The van der Waals surface area contributed by atoms with Crippen LogP contribution in [0.5, 0.6) is 0 Å². The van der Waals surface area contributed by atoms with E-state index in [1.165, 1.54) is 16.2 Å². The highest BCUT2D eigenvalue weighted by molar-refractivity contribution is 7.10. The van der Waals surface area contributed by atoms with Gasteiger partial charge in [-0.05, 0) is 23.4 Å². The highest BCUT2D eigenvalue weighted by Gasteiger charge is 2.37. The first-order chi connectivity index (χ1) is 10.2. The van der Waals surface area contributed by atoms with Crippen molar-refractivity contribution in [1.82, 2.24) is 4.90 Å². The third kappa shape index (κ3) is 3.13. The molecular formula is C16H15NO3S. The van der Waals surface area contributed by atoms with Crippen molar-refractivity contribution < 1.29 is 14.3 Å². The van der Waals surface area contributed by atoms with E-state index in [1.54, 1.807) is 0 Å². The predicted molar refractivity (Wildman–Crippen MR) is 80.2 cm³/mol. The number of cyclic esters (lactones) is 1. The highest BCUT2D eigenvalue weighted by Crippen LogP contribution is 2.20. The second-order valence-electron chi connectivity index (χ2n) is 4.94. The summed E-state index contributed by atoms with van der Waals surface area (Å²) in [6.07, 6.45) is 0.346. The number of hydrogen-bond acceptors (Lipinski definition) is 4. The number of rotatable bonds is 4. The Bertz CT molecular complexity index is 624. The first-order valence-electron chi connectivity index (χ1n) is 6.79. The predicted octanol–water partition coefficient (Wildman–Crippen LogP) is 2.88. The third-order valence-electron chi connectivity index (χ3n) is 3.45. The second-order valence-corrected chi connectivity index (χ2v) is 5.97. The van der Waals surface area contributed by atoms with Crippen molar-refractivity contribution in [2.24, 2.45) is 0 Å². The zero-order chi connectivity index (χ0) is 14.7. The highest BCUT2D eigenvalue weighted by atomic mass is 32.1. The van der Waals surface area contributed by atoms with Crippen molar-refractivity contribution in [2.75, 3.05) is 6.61 Å². The lowest BCUT2D eigenvalue weighted by atomic mass is 10.1. The molecule has 21 heavy (non-hydrogen) atoms. The summed E-state index contributed by atoms with van der Waals surface area (Å²) in [5, 5.41) is 1.92. The maximum absolute atomic E-state index is 12.4. The molecule has 1 aliphatic heterocycles. The van der Waals surface area contributed by atoms with E-state index in [4.69, 9.17) is 4.74 Å². The fraction of sp³-hybridized carbons (Fsp3) is 0.250. The normalized spacial score (nSPS) is 17.8. The Hall–Kier alpha value is -2.14. The number of benzene rings is 1. The van der Waals surface area contributed by atoms with Crippen molar-refractivity contribution >= 4 is 23.3 Å². The lowest BCUT2D eigenvalue weighted by Crippen LogP contribution is -2.41. The molecule has 0 spiro atoms. The number of carbonyl (C=O) groups is 2. The lowest BCUT2D eigenvalue weighted by molar-refractivity contribution is -0.128. The van der Waals surface area contributed by atoms with Gasteiger partial charge in [-0.3, -0.25) is 4.79 Å². The van der Waals surface area contributed by atoms with Crippen molar-refractivity contribution in [2.45, 2.75) is 18.9 Å². The summed E-state index contributed by atoms with van der Waals surface area (Å²) in [6, 6.07) is 13.4. The molecule has 0 bridgehead atoms. The Labute approximate surface area is 127 Å². The molecule has 5 heteroatoms. The van der Waals surface area contributed by atoms with Crippen LogP contribution in [0.1, 0.15) is 10.4 Å². The molecule has 108 valence electrons. The molecule has 2 heterocycles. The fourth-order valence-electron chi connectivity index (χ4n) is 2.45. The zero-order valence-corrected chi connectivity index (χ0v) is 12.2. The summed E-state index contributed by atoms with van der Waals surface area (Å²) in [7, 11) is 0. The van der Waals surface area contributed by atoms with Crippen LogP contribution in [0.2, 0.25) is 0 Å². The van der Waals surface area contributed by atoms with Crippen molar-refractivity contribution in [3.05, 3.63) is 58.3 Å². The molecule has 2 aromatic rings. The Balaban J connectivity index is 1.71.